The number of benzene rings is 1. The first kappa shape index (κ1) is 18.0. The fourth-order valence-electron chi connectivity index (χ4n) is 2.77. The summed E-state index contributed by atoms with van der Waals surface area (Å²) in [6, 6.07) is 6.29. The number of nitro groups is 1. The molecule has 0 aromatic heterocycles. The van der Waals surface area contributed by atoms with Gasteiger partial charge in [0.05, 0.1) is 4.92 Å². The van der Waals surface area contributed by atoms with Crippen LogP contribution in [-0.4, -0.2) is 23.9 Å². The number of anilines is 1. The fourth-order valence-corrected chi connectivity index (χ4v) is 2.77. The third-order valence-electron chi connectivity index (χ3n) is 4.14. The van der Waals surface area contributed by atoms with Gasteiger partial charge in [-0.3, -0.25) is 14.9 Å². The van der Waals surface area contributed by atoms with Gasteiger partial charge in [-0.05, 0) is 50.7 Å². The van der Waals surface area contributed by atoms with E-state index in [1.807, 2.05) is 0 Å². The highest BCUT2D eigenvalue weighted by atomic mass is 16.6. The molecule has 2 rings (SSSR count). The van der Waals surface area contributed by atoms with Crippen LogP contribution in [0.3, 0.4) is 0 Å². The molecule has 6 nitrogen and oxygen atoms in total. The van der Waals surface area contributed by atoms with E-state index < -0.39 is 4.92 Å². The molecule has 6 heteroatoms. The minimum atomic E-state index is -0.419. The number of nitro benzene ring substituents is 1. The maximum atomic E-state index is 11.8. The maximum absolute atomic E-state index is 11.8. The van der Waals surface area contributed by atoms with Crippen LogP contribution in [0.1, 0.15) is 44.9 Å². The lowest BCUT2D eigenvalue weighted by Crippen LogP contribution is -2.25. The Morgan fingerprint density at radius 2 is 1.96 bits per heavy atom. The van der Waals surface area contributed by atoms with Gasteiger partial charge in [-0.2, -0.15) is 0 Å². The van der Waals surface area contributed by atoms with Crippen LogP contribution in [-0.2, 0) is 4.79 Å². The van der Waals surface area contributed by atoms with Crippen LogP contribution < -0.4 is 10.6 Å². The van der Waals surface area contributed by atoms with Crippen LogP contribution in [0.2, 0.25) is 0 Å². The number of hydrogen-bond donors (Lipinski definition) is 2. The molecule has 0 saturated heterocycles. The SMILES string of the molecule is O=C(CCCNc1ccc([N+](=O)[O-])cc1)NCCC1=CCCCC1. The maximum Gasteiger partial charge on any atom is 0.269 e. The number of carbonyl (C=O) groups excluding carboxylic acids is 1. The summed E-state index contributed by atoms with van der Waals surface area (Å²) in [7, 11) is 0. The first-order valence-electron chi connectivity index (χ1n) is 8.58. The standard InChI is InChI=1S/C18H25N3O3/c22-18(20-14-12-15-5-2-1-3-6-15)7-4-13-19-16-8-10-17(11-9-16)21(23)24/h5,8-11,19H,1-4,6-7,12-14H2,(H,20,22). The van der Waals surface area contributed by atoms with Crippen LogP contribution in [0.25, 0.3) is 0 Å². The Balaban J connectivity index is 1.55. The molecule has 24 heavy (non-hydrogen) atoms. The van der Waals surface area contributed by atoms with E-state index in [2.05, 4.69) is 16.7 Å². The first-order valence-corrected chi connectivity index (χ1v) is 8.58. The fraction of sp³-hybridized carbons (Fsp3) is 0.500. The van der Waals surface area contributed by atoms with Crippen molar-refractivity contribution in [2.24, 2.45) is 0 Å². The average Bonchev–Trinajstić information content (AvgIpc) is 2.60. The molecule has 2 N–H and O–H groups in total. The van der Waals surface area contributed by atoms with Crippen LogP contribution in [0.4, 0.5) is 11.4 Å². The number of amides is 1. The molecule has 0 fully saturated rings. The second-order valence-electron chi connectivity index (χ2n) is 6.04. The van der Waals surface area contributed by atoms with Crippen LogP contribution in [0.5, 0.6) is 0 Å². The molecule has 1 aliphatic carbocycles. The van der Waals surface area contributed by atoms with Gasteiger partial charge in [-0.15, -0.1) is 0 Å². The van der Waals surface area contributed by atoms with Crippen molar-refractivity contribution in [2.45, 2.75) is 44.9 Å². The normalized spacial score (nSPS) is 13.9. The molecule has 0 saturated carbocycles. The average molecular weight is 331 g/mol. The van der Waals surface area contributed by atoms with E-state index in [-0.39, 0.29) is 11.6 Å². The van der Waals surface area contributed by atoms with Crippen molar-refractivity contribution in [3.63, 3.8) is 0 Å². The van der Waals surface area contributed by atoms with Gasteiger partial charge in [-0.25, -0.2) is 0 Å². The molecule has 0 atom stereocenters. The molecule has 0 bridgehead atoms. The lowest BCUT2D eigenvalue weighted by molar-refractivity contribution is -0.384. The summed E-state index contributed by atoms with van der Waals surface area (Å²) in [4.78, 5) is 21.9. The van der Waals surface area contributed by atoms with Crippen molar-refractivity contribution >= 4 is 17.3 Å². The van der Waals surface area contributed by atoms with Gasteiger partial charge in [0.15, 0.2) is 0 Å². The highest BCUT2D eigenvalue weighted by molar-refractivity contribution is 5.75. The quantitative estimate of drug-likeness (QED) is 0.312. The zero-order valence-corrected chi connectivity index (χ0v) is 13.9. The Hall–Kier alpha value is -2.37. The van der Waals surface area contributed by atoms with Crippen molar-refractivity contribution in [1.82, 2.24) is 5.32 Å². The van der Waals surface area contributed by atoms with E-state index >= 15 is 0 Å². The Kier molecular flexibility index (Phi) is 7.26. The number of nitrogens with zero attached hydrogens (tertiary/aromatic N) is 1. The highest BCUT2D eigenvalue weighted by Crippen LogP contribution is 2.19. The summed E-state index contributed by atoms with van der Waals surface area (Å²) in [5, 5.41) is 16.7. The van der Waals surface area contributed by atoms with Gasteiger partial charge in [0.1, 0.15) is 0 Å². The van der Waals surface area contributed by atoms with Crippen molar-refractivity contribution in [3.8, 4) is 0 Å². The summed E-state index contributed by atoms with van der Waals surface area (Å²) >= 11 is 0. The summed E-state index contributed by atoms with van der Waals surface area (Å²) in [5.41, 5.74) is 2.37. The number of rotatable bonds is 9. The van der Waals surface area contributed by atoms with Gasteiger partial charge in [-0.1, -0.05) is 11.6 Å². The van der Waals surface area contributed by atoms with Crippen molar-refractivity contribution in [2.75, 3.05) is 18.4 Å². The summed E-state index contributed by atoms with van der Waals surface area (Å²) in [6.07, 6.45) is 9.40. The second kappa shape index (κ2) is 9.70. The van der Waals surface area contributed by atoms with Gasteiger partial charge < -0.3 is 10.6 Å². The molecule has 0 aliphatic heterocycles. The van der Waals surface area contributed by atoms with Gasteiger partial charge in [0.2, 0.25) is 5.91 Å². The first-order chi connectivity index (χ1) is 11.6. The van der Waals surface area contributed by atoms with E-state index in [0.717, 1.165) is 25.1 Å². The lowest BCUT2D eigenvalue weighted by atomic mass is 9.97. The van der Waals surface area contributed by atoms with E-state index in [9.17, 15) is 14.9 Å². The number of hydrogen-bond acceptors (Lipinski definition) is 4. The Labute approximate surface area is 142 Å². The molecule has 1 aromatic rings. The summed E-state index contributed by atoms with van der Waals surface area (Å²) in [6.45, 7) is 1.39. The monoisotopic (exact) mass is 331 g/mol. The van der Waals surface area contributed by atoms with Crippen molar-refractivity contribution in [3.05, 3.63) is 46.0 Å². The van der Waals surface area contributed by atoms with Crippen molar-refractivity contribution in [1.29, 1.82) is 0 Å². The minimum Gasteiger partial charge on any atom is -0.385 e. The topological polar surface area (TPSA) is 84.3 Å². The Morgan fingerprint density at radius 3 is 2.62 bits per heavy atom. The third kappa shape index (κ3) is 6.40. The third-order valence-corrected chi connectivity index (χ3v) is 4.14. The molecule has 1 amide bonds. The van der Waals surface area contributed by atoms with Crippen LogP contribution in [0.15, 0.2) is 35.9 Å². The van der Waals surface area contributed by atoms with Gasteiger partial charge in [0.25, 0.3) is 5.69 Å². The summed E-state index contributed by atoms with van der Waals surface area (Å²) < 4.78 is 0. The molecule has 0 unspecified atom stereocenters. The predicted octanol–water partition coefficient (Wildman–Crippen LogP) is 3.79. The number of allylic oxidation sites excluding steroid dienone is 1. The number of non-ortho nitro benzene ring substituents is 1. The van der Waals surface area contributed by atoms with E-state index in [1.165, 1.54) is 43.4 Å². The van der Waals surface area contributed by atoms with E-state index in [1.54, 1.807) is 12.1 Å². The van der Waals surface area contributed by atoms with Crippen LogP contribution >= 0.6 is 0 Å². The zero-order chi connectivity index (χ0) is 17.2. The summed E-state index contributed by atoms with van der Waals surface area (Å²) in [5.74, 6) is 0.0805. The smallest absolute Gasteiger partial charge is 0.269 e. The largest absolute Gasteiger partial charge is 0.385 e. The molecule has 0 spiro atoms. The zero-order valence-electron chi connectivity index (χ0n) is 13.9. The number of nitrogens with one attached hydrogen (secondary N) is 2. The molecule has 1 aromatic carbocycles. The Morgan fingerprint density at radius 1 is 1.17 bits per heavy atom. The van der Waals surface area contributed by atoms with Gasteiger partial charge in [0, 0.05) is 37.3 Å². The lowest BCUT2D eigenvalue weighted by Gasteiger charge is -2.13. The molecular weight excluding hydrogens is 306 g/mol. The molecule has 130 valence electrons. The second-order valence-corrected chi connectivity index (χ2v) is 6.04. The van der Waals surface area contributed by atoms with E-state index in [4.69, 9.17) is 0 Å². The number of carbonyl (C=O) groups is 1. The van der Waals surface area contributed by atoms with Gasteiger partial charge >= 0.3 is 0 Å². The minimum absolute atomic E-state index is 0.0769. The van der Waals surface area contributed by atoms with E-state index in [0.29, 0.717) is 13.0 Å². The molecular formula is C18H25N3O3. The Bertz CT molecular complexity index is 582. The highest BCUT2D eigenvalue weighted by Gasteiger charge is 2.06. The molecule has 0 heterocycles. The van der Waals surface area contributed by atoms with Crippen LogP contribution in [0, 0.1) is 10.1 Å². The molecule has 0 radical (unpaired) electrons. The predicted molar refractivity (Wildman–Crippen MR) is 95.0 cm³/mol. The van der Waals surface area contributed by atoms with Crippen molar-refractivity contribution < 1.29 is 9.72 Å². The molecule has 1 aliphatic rings.